The lowest BCUT2D eigenvalue weighted by atomic mass is 9.77. The molecular weight excluding hydrogens is 324 g/mol. The van der Waals surface area contributed by atoms with Crippen LogP contribution in [0.3, 0.4) is 0 Å². The highest BCUT2D eigenvalue weighted by molar-refractivity contribution is 9.10. The van der Waals surface area contributed by atoms with Gasteiger partial charge in [-0.25, -0.2) is 0 Å². The van der Waals surface area contributed by atoms with Crippen molar-refractivity contribution in [3.8, 4) is 0 Å². The van der Waals surface area contributed by atoms with E-state index in [0.29, 0.717) is 11.5 Å². The highest BCUT2D eigenvalue weighted by Crippen LogP contribution is 2.39. The molecular formula is C18H29BrN2. The van der Waals surface area contributed by atoms with E-state index < -0.39 is 0 Å². The molecule has 0 radical (unpaired) electrons. The fourth-order valence-corrected chi connectivity index (χ4v) is 3.85. The molecule has 0 amide bonds. The van der Waals surface area contributed by atoms with Gasteiger partial charge in [0.15, 0.2) is 0 Å². The molecule has 3 heteroatoms. The summed E-state index contributed by atoms with van der Waals surface area (Å²) in [4.78, 5) is 2.60. The molecule has 1 heterocycles. The quantitative estimate of drug-likeness (QED) is 0.828. The smallest absolute Gasteiger partial charge is 0.0510 e. The molecule has 0 aliphatic carbocycles. The molecule has 1 saturated heterocycles. The van der Waals surface area contributed by atoms with Crippen molar-refractivity contribution in [1.29, 1.82) is 0 Å². The summed E-state index contributed by atoms with van der Waals surface area (Å²) < 4.78 is 1.18. The monoisotopic (exact) mass is 352 g/mol. The first-order chi connectivity index (χ1) is 10.0. The normalized spacial score (nSPS) is 22.0. The summed E-state index contributed by atoms with van der Waals surface area (Å²) in [6.45, 7) is 9.25. The predicted octanol–water partition coefficient (Wildman–Crippen LogP) is 4.74. The molecule has 118 valence electrons. The zero-order chi connectivity index (χ0) is 15.5. The van der Waals surface area contributed by atoms with Crippen LogP contribution in [0.1, 0.15) is 58.1 Å². The predicted molar refractivity (Wildman–Crippen MR) is 94.4 cm³/mol. The molecule has 0 aromatic heterocycles. The van der Waals surface area contributed by atoms with Crippen molar-refractivity contribution in [2.75, 3.05) is 13.1 Å². The summed E-state index contributed by atoms with van der Waals surface area (Å²) in [6, 6.07) is 9.06. The number of benzene rings is 1. The van der Waals surface area contributed by atoms with Crippen molar-refractivity contribution in [2.45, 2.75) is 58.5 Å². The zero-order valence-electron chi connectivity index (χ0n) is 13.6. The number of hydrogen-bond donors (Lipinski definition) is 1. The third kappa shape index (κ3) is 3.88. The van der Waals surface area contributed by atoms with Crippen LogP contribution in [-0.2, 0) is 0 Å². The average Bonchev–Trinajstić information content (AvgIpc) is 2.51. The van der Waals surface area contributed by atoms with Crippen LogP contribution in [0, 0.1) is 5.41 Å². The molecule has 2 unspecified atom stereocenters. The summed E-state index contributed by atoms with van der Waals surface area (Å²) in [5, 5.41) is 0. The minimum atomic E-state index is 0.190. The Balaban J connectivity index is 2.21. The standard InChI is InChI=1S/C18H29BrN2/c1-4-16(20)17(14-8-6-7-9-15(14)19)21-12-10-18(3,5-2)11-13-21/h6-9,16-17H,4-5,10-13,20H2,1-3H3. The van der Waals surface area contributed by atoms with E-state index >= 15 is 0 Å². The minimum absolute atomic E-state index is 0.190. The fraction of sp³-hybridized carbons (Fsp3) is 0.667. The molecule has 0 bridgehead atoms. The van der Waals surface area contributed by atoms with E-state index in [1.165, 1.54) is 29.3 Å². The summed E-state index contributed by atoms with van der Waals surface area (Å²) in [6.07, 6.45) is 4.84. The largest absolute Gasteiger partial charge is 0.326 e. The Morgan fingerprint density at radius 1 is 1.24 bits per heavy atom. The Morgan fingerprint density at radius 2 is 1.86 bits per heavy atom. The lowest BCUT2D eigenvalue weighted by Crippen LogP contribution is -2.46. The molecule has 2 nitrogen and oxygen atoms in total. The Hall–Kier alpha value is -0.380. The van der Waals surface area contributed by atoms with E-state index in [2.05, 4.69) is 65.9 Å². The first-order valence-corrected chi connectivity index (χ1v) is 9.04. The third-order valence-electron chi connectivity index (χ3n) is 5.35. The van der Waals surface area contributed by atoms with Crippen LogP contribution >= 0.6 is 15.9 Å². The van der Waals surface area contributed by atoms with Gasteiger partial charge in [0, 0.05) is 10.5 Å². The molecule has 2 N–H and O–H groups in total. The average molecular weight is 353 g/mol. The minimum Gasteiger partial charge on any atom is -0.326 e. The summed E-state index contributed by atoms with van der Waals surface area (Å²) in [5.41, 5.74) is 8.35. The first-order valence-electron chi connectivity index (χ1n) is 8.25. The second kappa shape index (κ2) is 7.26. The van der Waals surface area contributed by atoms with Gasteiger partial charge >= 0.3 is 0 Å². The number of piperidine rings is 1. The molecule has 1 aromatic rings. The Morgan fingerprint density at radius 3 is 2.38 bits per heavy atom. The Kier molecular flexibility index (Phi) is 5.87. The molecule has 2 rings (SSSR count). The number of halogens is 1. The summed E-state index contributed by atoms with van der Waals surface area (Å²) in [5.74, 6) is 0. The Bertz CT molecular complexity index is 452. The van der Waals surface area contributed by atoms with Crippen LogP contribution in [0.25, 0.3) is 0 Å². The van der Waals surface area contributed by atoms with Crippen molar-refractivity contribution in [3.05, 3.63) is 34.3 Å². The second-order valence-electron chi connectivity index (χ2n) is 6.74. The maximum absolute atomic E-state index is 6.49. The van der Waals surface area contributed by atoms with Crippen molar-refractivity contribution in [2.24, 2.45) is 11.1 Å². The van der Waals surface area contributed by atoms with Crippen LogP contribution in [0.15, 0.2) is 28.7 Å². The van der Waals surface area contributed by atoms with Crippen LogP contribution in [0.4, 0.5) is 0 Å². The van der Waals surface area contributed by atoms with E-state index in [9.17, 15) is 0 Å². The molecule has 0 spiro atoms. The summed E-state index contributed by atoms with van der Waals surface area (Å²) in [7, 11) is 0. The number of nitrogens with two attached hydrogens (primary N) is 1. The van der Waals surface area contributed by atoms with Gasteiger partial charge in [0.2, 0.25) is 0 Å². The molecule has 1 aliphatic heterocycles. The lowest BCUT2D eigenvalue weighted by Gasteiger charge is -2.44. The summed E-state index contributed by atoms with van der Waals surface area (Å²) >= 11 is 3.71. The van der Waals surface area contributed by atoms with Crippen molar-refractivity contribution >= 4 is 15.9 Å². The van der Waals surface area contributed by atoms with Gasteiger partial charge in [-0.05, 0) is 49.4 Å². The van der Waals surface area contributed by atoms with Gasteiger partial charge < -0.3 is 5.73 Å². The van der Waals surface area contributed by atoms with Crippen LogP contribution in [0.5, 0.6) is 0 Å². The molecule has 0 saturated carbocycles. The van der Waals surface area contributed by atoms with E-state index in [0.717, 1.165) is 19.5 Å². The number of nitrogens with zero attached hydrogens (tertiary/aromatic N) is 1. The van der Waals surface area contributed by atoms with Gasteiger partial charge in [-0.2, -0.15) is 0 Å². The molecule has 1 aromatic carbocycles. The topological polar surface area (TPSA) is 29.3 Å². The maximum atomic E-state index is 6.49. The molecule has 1 fully saturated rings. The van der Waals surface area contributed by atoms with Crippen molar-refractivity contribution in [1.82, 2.24) is 4.90 Å². The van der Waals surface area contributed by atoms with E-state index in [-0.39, 0.29) is 6.04 Å². The van der Waals surface area contributed by atoms with E-state index in [1.54, 1.807) is 0 Å². The van der Waals surface area contributed by atoms with E-state index in [1.807, 2.05) is 0 Å². The van der Waals surface area contributed by atoms with Crippen LogP contribution in [0.2, 0.25) is 0 Å². The molecule has 2 atom stereocenters. The lowest BCUT2D eigenvalue weighted by molar-refractivity contribution is 0.0690. The van der Waals surface area contributed by atoms with Gasteiger partial charge in [-0.15, -0.1) is 0 Å². The highest BCUT2D eigenvalue weighted by atomic mass is 79.9. The SMILES string of the molecule is CCC(N)C(c1ccccc1Br)N1CCC(C)(CC)CC1. The molecule has 21 heavy (non-hydrogen) atoms. The van der Waals surface area contributed by atoms with Gasteiger partial charge in [0.1, 0.15) is 0 Å². The maximum Gasteiger partial charge on any atom is 0.0510 e. The fourth-order valence-electron chi connectivity index (χ4n) is 3.33. The Labute approximate surface area is 138 Å². The van der Waals surface area contributed by atoms with E-state index in [4.69, 9.17) is 5.73 Å². The van der Waals surface area contributed by atoms with Crippen LogP contribution < -0.4 is 5.73 Å². The molecule has 1 aliphatic rings. The van der Waals surface area contributed by atoms with Gasteiger partial charge in [0.25, 0.3) is 0 Å². The van der Waals surface area contributed by atoms with Gasteiger partial charge in [-0.3, -0.25) is 4.90 Å². The zero-order valence-corrected chi connectivity index (χ0v) is 15.2. The van der Waals surface area contributed by atoms with Crippen LogP contribution in [-0.4, -0.2) is 24.0 Å². The van der Waals surface area contributed by atoms with Gasteiger partial charge in [0.05, 0.1) is 6.04 Å². The number of rotatable bonds is 5. The highest BCUT2D eigenvalue weighted by Gasteiger charge is 2.34. The first kappa shape index (κ1) is 17.0. The van der Waals surface area contributed by atoms with Gasteiger partial charge in [-0.1, -0.05) is 61.3 Å². The second-order valence-corrected chi connectivity index (χ2v) is 7.59. The van der Waals surface area contributed by atoms with Crippen molar-refractivity contribution < 1.29 is 0 Å². The third-order valence-corrected chi connectivity index (χ3v) is 6.08. The van der Waals surface area contributed by atoms with Crippen molar-refractivity contribution in [3.63, 3.8) is 0 Å². The number of hydrogen-bond acceptors (Lipinski definition) is 2. The number of likely N-dealkylation sites (tertiary alicyclic amines) is 1.